The highest BCUT2D eigenvalue weighted by molar-refractivity contribution is 5.01. The minimum Gasteiger partial charge on any atom is -0.370 e. The molecule has 5 heteroatoms. The molecule has 2 N–H and O–H groups in total. The van der Waals surface area contributed by atoms with E-state index >= 15 is 0 Å². The lowest BCUT2D eigenvalue weighted by Crippen LogP contribution is -2.29. The van der Waals surface area contributed by atoms with Crippen molar-refractivity contribution >= 4 is 0 Å². The fourth-order valence-corrected chi connectivity index (χ4v) is 2.65. The molecule has 0 aliphatic heterocycles. The summed E-state index contributed by atoms with van der Waals surface area (Å²) in [5, 5.41) is 4.09. The van der Waals surface area contributed by atoms with Crippen LogP contribution in [0.15, 0.2) is 4.52 Å². The number of ether oxygens (including phenoxy) is 1. The Hall–Kier alpha value is -0.940. The molecule has 1 aliphatic carbocycles. The molecule has 1 saturated carbocycles. The van der Waals surface area contributed by atoms with Gasteiger partial charge in [0.05, 0.1) is 5.54 Å². The molecule has 1 fully saturated rings. The van der Waals surface area contributed by atoms with Crippen LogP contribution in [0.4, 0.5) is 0 Å². The van der Waals surface area contributed by atoms with Crippen molar-refractivity contribution in [2.45, 2.75) is 64.5 Å². The van der Waals surface area contributed by atoms with Gasteiger partial charge in [0.25, 0.3) is 0 Å². The van der Waals surface area contributed by atoms with Gasteiger partial charge in [0.15, 0.2) is 0 Å². The van der Waals surface area contributed by atoms with Crippen LogP contribution in [0, 0.1) is 5.92 Å². The molecule has 0 aromatic carbocycles. The van der Waals surface area contributed by atoms with E-state index < -0.39 is 5.54 Å². The van der Waals surface area contributed by atoms with E-state index in [4.69, 9.17) is 15.0 Å². The summed E-state index contributed by atoms with van der Waals surface area (Å²) in [6.45, 7) is 6.39. The number of aromatic nitrogens is 2. The van der Waals surface area contributed by atoms with Gasteiger partial charge < -0.3 is 15.0 Å². The number of nitrogens with two attached hydrogens (primary N) is 1. The summed E-state index contributed by atoms with van der Waals surface area (Å²) in [4.78, 5) is 4.45. The summed E-state index contributed by atoms with van der Waals surface area (Å²) in [6, 6.07) is 0. The maximum atomic E-state index is 5.99. The lowest BCUT2D eigenvalue weighted by atomic mass is 9.85. The van der Waals surface area contributed by atoms with Gasteiger partial charge in [0.1, 0.15) is 6.10 Å². The Morgan fingerprint density at radius 2 is 2.05 bits per heavy atom. The van der Waals surface area contributed by atoms with Crippen molar-refractivity contribution in [1.82, 2.24) is 10.1 Å². The molecule has 108 valence electrons. The van der Waals surface area contributed by atoms with Crippen LogP contribution in [0.3, 0.4) is 0 Å². The first-order chi connectivity index (χ1) is 9.02. The van der Waals surface area contributed by atoms with E-state index in [9.17, 15) is 0 Å². The lowest BCUT2D eigenvalue weighted by molar-refractivity contribution is -0.00145. The second kappa shape index (κ2) is 6.01. The largest absolute Gasteiger partial charge is 0.370 e. The van der Waals surface area contributed by atoms with Gasteiger partial charge in [-0.05, 0) is 39.5 Å². The van der Waals surface area contributed by atoms with Gasteiger partial charge in [0, 0.05) is 6.61 Å². The van der Waals surface area contributed by atoms with Crippen LogP contribution in [0.25, 0.3) is 0 Å². The summed E-state index contributed by atoms with van der Waals surface area (Å²) < 4.78 is 11.1. The van der Waals surface area contributed by atoms with Crippen LogP contribution < -0.4 is 5.73 Å². The second-order valence-corrected chi connectivity index (χ2v) is 5.95. The molecule has 1 atom stereocenters. The van der Waals surface area contributed by atoms with E-state index in [1.165, 1.54) is 32.1 Å². The zero-order chi connectivity index (χ0) is 13.9. The van der Waals surface area contributed by atoms with Gasteiger partial charge in [-0.3, -0.25) is 0 Å². The Labute approximate surface area is 114 Å². The molecule has 1 heterocycles. The summed E-state index contributed by atoms with van der Waals surface area (Å²) in [5.41, 5.74) is 5.38. The summed E-state index contributed by atoms with van der Waals surface area (Å²) in [5.74, 6) is 1.63. The highest BCUT2D eigenvalue weighted by Crippen LogP contribution is 2.36. The average molecular weight is 267 g/mol. The fraction of sp³-hybridized carbons (Fsp3) is 0.857. The van der Waals surface area contributed by atoms with E-state index in [2.05, 4.69) is 10.1 Å². The van der Waals surface area contributed by atoms with Crippen molar-refractivity contribution in [3.8, 4) is 0 Å². The smallest absolute Gasteiger partial charge is 0.246 e. The van der Waals surface area contributed by atoms with Gasteiger partial charge in [-0.2, -0.15) is 4.98 Å². The van der Waals surface area contributed by atoms with E-state index in [0.717, 1.165) is 0 Å². The van der Waals surface area contributed by atoms with Gasteiger partial charge in [-0.1, -0.05) is 24.4 Å². The zero-order valence-electron chi connectivity index (χ0n) is 12.2. The van der Waals surface area contributed by atoms with E-state index in [1.54, 1.807) is 0 Å². The van der Waals surface area contributed by atoms with Gasteiger partial charge in [-0.25, -0.2) is 0 Å². The zero-order valence-corrected chi connectivity index (χ0v) is 12.2. The number of hydrogen-bond donors (Lipinski definition) is 1. The average Bonchev–Trinajstić information content (AvgIpc) is 2.86. The molecule has 0 amide bonds. The second-order valence-electron chi connectivity index (χ2n) is 5.95. The molecule has 1 aliphatic rings. The van der Waals surface area contributed by atoms with Crippen LogP contribution in [-0.2, 0) is 10.3 Å². The SMILES string of the molecule is CCOC(c1noc(C(C)(C)N)n1)C1CCCCC1. The van der Waals surface area contributed by atoms with E-state index in [-0.39, 0.29) is 6.10 Å². The summed E-state index contributed by atoms with van der Waals surface area (Å²) >= 11 is 0. The first-order valence-corrected chi connectivity index (χ1v) is 7.27. The molecule has 0 radical (unpaired) electrons. The fourth-order valence-electron chi connectivity index (χ4n) is 2.65. The number of nitrogens with zero attached hydrogens (tertiary/aromatic N) is 2. The molecular formula is C14H25N3O2. The van der Waals surface area contributed by atoms with Gasteiger partial charge in [0.2, 0.25) is 11.7 Å². The topological polar surface area (TPSA) is 74.2 Å². The molecule has 5 nitrogen and oxygen atoms in total. The van der Waals surface area contributed by atoms with Crippen LogP contribution in [0.2, 0.25) is 0 Å². The van der Waals surface area contributed by atoms with Crippen LogP contribution in [-0.4, -0.2) is 16.7 Å². The molecule has 1 aromatic heterocycles. The predicted molar refractivity (Wildman–Crippen MR) is 72.5 cm³/mol. The number of rotatable bonds is 5. The van der Waals surface area contributed by atoms with E-state index in [0.29, 0.717) is 24.2 Å². The highest BCUT2D eigenvalue weighted by Gasteiger charge is 2.31. The van der Waals surface area contributed by atoms with Crippen molar-refractivity contribution in [2.75, 3.05) is 6.61 Å². The third kappa shape index (κ3) is 3.54. The van der Waals surface area contributed by atoms with Crippen LogP contribution in [0.5, 0.6) is 0 Å². The normalized spacial score (nSPS) is 19.6. The van der Waals surface area contributed by atoms with Crippen LogP contribution >= 0.6 is 0 Å². The van der Waals surface area contributed by atoms with Crippen molar-refractivity contribution in [2.24, 2.45) is 11.7 Å². The Morgan fingerprint density at radius 3 is 2.58 bits per heavy atom. The molecule has 1 unspecified atom stereocenters. The molecule has 19 heavy (non-hydrogen) atoms. The monoisotopic (exact) mass is 267 g/mol. The summed E-state index contributed by atoms with van der Waals surface area (Å²) in [6.07, 6.45) is 6.16. The minimum absolute atomic E-state index is 0.0508. The number of hydrogen-bond acceptors (Lipinski definition) is 5. The quantitative estimate of drug-likeness (QED) is 0.887. The van der Waals surface area contributed by atoms with Crippen molar-refractivity contribution in [1.29, 1.82) is 0 Å². The van der Waals surface area contributed by atoms with E-state index in [1.807, 2.05) is 20.8 Å². The lowest BCUT2D eigenvalue weighted by Gasteiger charge is -2.27. The molecule has 2 rings (SSSR count). The molecule has 0 bridgehead atoms. The Morgan fingerprint density at radius 1 is 1.37 bits per heavy atom. The first kappa shape index (κ1) is 14.5. The molecule has 0 saturated heterocycles. The Balaban J connectivity index is 2.16. The maximum absolute atomic E-state index is 5.99. The minimum atomic E-state index is -0.603. The molecule has 1 aromatic rings. The Kier molecular flexibility index (Phi) is 4.58. The Bertz CT molecular complexity index is 392. The third-order valence-electron chi connectivity index (χ3n) is 3.67. The molecule has 0 spiro atoms. The third-order valence-corrected chi connectivity index (χ3v) is 3.67. The van der Waals surface area contributed by atoms with Crippen molar-refractivity contribution in [3.05, 3.63) is 11.7 Å². The maximum Gasteiger partial charge on any atom is 0.246 e. The van der Waals surface area contributed by atoms with Gasteiger partial charge >= 0.3 is 0 Å². The van der Waals surface area contributed by atoms with Crippen LogP contribution in [0.1, 0.15) is 70.7 Å². The summed E-state index contributed by atoms with van der Waals surface area (Å²) in [7, 11) is 0. The standard InChI is InChI=1S/C14H25N3O2/c1-4-18-11(10-8-6-5-7-9-10)12-16-13(19-17-12)14(2,3)15/h10-11H,4-9,15H2,1-3H3. The first-order valence-electron chi connectivity index (χ1n) is 7.27. The highest BCUT2D eigenvalue weighted by atomic mass is 16.5. The van der Waals surface area contributed by atoms with Crippen molar-refractivity contribution < 1.29 is 9.26 Å². The predicted octanol–water partition coefficient (Wildman–Crippen LogP) is 2.92. The van der Waals surface area contributed by atoms with Gasteiger partial charge in [-0.15, -0.1) is 0 Å². The molecular weight excluding hydrogens is 242 g/mol. The van der Waals surface area contributed by atoms with Crippen molar-refractivity contribution in [3.63, 3.8) is 0 Å².